The minimum atomic E-state index is -4.18. The summed E-state index contributed by atoms with van der Waals surface area (Å²) in [5, 5.41) is -0.115. The fourth-order valence-corrected chi connectivity index (χ4v) is 3.29. The molecule has 0 amide bonds. The molecule has 0 aliphatic carbocycles. The molecule has 0 atom stereocenters. The molecule has 25 heavy (non-hydrogen) atoms. The predicted molar refractivity (Wildman–Crippen MR) is 84.9 cm³/mol. The molecule has 0 unspecified atom stereocenters. The maximum Gasteiger partial charge on any atom is 0.422 e. The number of hydrogen-bond donors (Lipinski definition) is 1. The smallest absolute Gasteiger partial charge is 0.372 e. The highest BCUT2D eigenvalue weighted by atomic mass is 32.2. The van der Waals surface area contributed by atoms with Crippen LogP contribution in [0.5, 0.6) is 0 Å². The summed E-state index contributed by atoms with van der Waals surface area (Å²) in [5.41, 5.74) is -0.984. The van der Waals surface area contributed by atoms with E-state index in [1.807, 2.05) is 0 Å². The van der Waals surface area contributed by atoms with Crippen molar-refractivity contribution < 1.29 is 21.6 Å². The summed E-state index contributed by atoms with van der Waals surface area (Å²) in [4.78, 5) is 22.9. The quantitative estimate of drug-likeness (QED) is 0.757. The molecule has 1 N–H and O–H groups in total. The minimum Gasteiger partial charge on any atom is -0.372 e. The number of aromatic nitrogens is 1. The summed E-state index contributed by atoms with van der Waals surface area (Å²) < 4.78 is 58.5. The Kier molecular flexibility index (Phi) is 3.91. The first-order chi connectivity index (χ1) is 11.7. The van der Waals surface area contributed by atoms with Crippen molar-refractivity contribution in [3.8, 4) is 0 Å². The second-order valence-electron chi connectivity index (χ2n) is 5.13. The topological polar surface area (TPSA) is 98.4 Å². The van der Waals surface area contributed by atoms with Crippen molar-refractivity contribution in [1.82, 2.24) is 4.57 Å². The summed E-state index contributed by atoms with van der Waals surface area (Å²) in [6.45, 7) is 0. The molecule has 7 nitrogen and oxygen atoms in total. The monoisotopic (exact) mass is 368 g/mol. The first-order valence-electron chi connectivity index (χ1n) is 6.81. The van der Waals surface area contributed by atoms with Crippen LogP contribution in [-0.4, -0.2) is 13.0 Å². The molecule has 0 spiro atoms. The van der Waals surface area contributed by atoms with Crippen molar-refractivity contribution in [3.05, 3.63) is 69.0 Å². The highest BCUT2D eigenvalue weighted by Crippen LogP contribution is 2.20. The molecule has 0 bridgehead atoms. The summed E-state index contributed by atoms with van der Waals surface area (Å²) in [5.74, 6) is -3.21. The zero-order valence-electron chi connectivity index (χ0n) is 12.6. The number of halogens is 2. The number of hydrogen-bond acceptors (Lipinski definition) is 5. The zero-order valence-corrected chi connectivity index (χ0v) is 13.4. The second kappa shape index (κ2) is 5.81. The van der Waals surface area contributed by atoms with Crippen molar-refractivity contribution in [2.24, 2.45) is 7.05 Å². The van der Waals surface area contributed by atoms with Crippen LogP contribution in [0.25, 0.3) is 10.9 Å². The molecule has 3 aromatic rings. The van der Waals surface area contributed by atoms with Crippen LogP contribution in [0.1, 0.15) is 0 Å². The van der Waals surface area contributed by atoms with Crippen LogP contribution >= 0.6 is 0 Å². The number of anilines is 1. The fourth-order valence-electron chi connectivity index (χ4n) is 2.21. The van der Waals surface area contributed by atoms with E-state index < -0.39 is 33.0 Å². The third-order valence-electron chi connectivity index (χ3n) is 3.49. The van der Waals surface area contributed by atoms with Gasteiger partial charge >= 0.3 is 11.4 Å². The standard InChI is InChI=1S/C15H10F2N2O5S/c1-19-13-5-3-9(7-10(13)14(20)24-15(19)21)25(22,23)18-8-2-4-11(16)12(17)6-8/h2-7,18H,1H3. The first kappa shape index (κ1) is 16.8. The number of nitrogens with one attached hydrogen (secondary N) is 1. The lowest BCUT2D eigenvalue weighted by Crippen LogP contribution is -2.23. The van der Waals surface area contributed by atoms with Gasteiger partial charge in [0, 0.05) is 13.1 Å². The number of aryl methyl sites for hydroxylation is 1. The van der Waals surface area contributed by atoms with Gasteiger partial charge < -0.3 is 4.42 Å². The van der Waals surface area contributed by atoms with Gasteiger partial charge in [0.1, 0.15) is 0 Å². The van der Waals surface area contributed by atoms with Crippen LogP contribution < -0.4 is 16.1 Å². The van der Waals surface area contributed by atoms with Gasteiger partial charge in [-0.05, 0) is 30.3 Å². The van der Waals surface area contributed by atoms with E-state index in [2.05, 4.69) is 9.14 Å². The van der Waals surface area contributed by atoms with Crippen LogP contribution in [0.2, 0.25) is 0 Å². The van der Waals surface area contributed by atoms with Crippen molar-refractivity contribution in [1.29, 1.82) is 0 Å². The van der Waals surface area contributed by atoms with E-state index in [-0.39, 0.29) is 21.5 Å². The number of nitrogens with zero attached hydrogens (tertiary/aromatic N) is 1. The van der Waals surface area contributed by atoms with Gasteiger partial charge in [0.05, 0.1) is 21.5 Å². The number of benzene rings is 2. The van der Waals surface area contributed by atoms with Crippen molar-refractivity contribution in [3.63, 3.8) is 0 Å². The molecule has 0 saturated carbocycles. The average molecular weight is 368 g/mol. The van der Waals surface area contributed by atoms with Gasteiger partial charge in [0.15, 0.2) is 11.6 Å². The largest absolute Gasteiger partial charge is 0.422 e. The Hall–Kier alpha value is -3.01. The molecule has 1 heterocycles. The Balaban J connectivity index is 2.10. The lowest BCUT2D eigenvalue weighted by Gasteiger charge is -2.09. The van der Waals surface area contributed by atoms with Gasteiger partial charge in [-0.2, -0.15) is 0 Å². The van der Waals surface area contributed by atoms with Crippen LogP contribution in [-0.2, 0) is 17.1 Å². The Labute approximate surface area is 139 Å². The number of rotatable bonds is 3. The highest BCUT2D eigenvalue weighted by molar-refractivity contribution is 7.92. The molecule has 1 aromatic heterocycles. The first-order valence-corrected chi connectivity index (χ1v) is 8.29. The van der Waals surface area contributed by atoms with Crippen molar-refractivity contribution >= 4 is 26.6 Å². The van der Waals surface area contributed by atoms with E-state index in [0.717, 1.165) is 22.8 Å². The molecule has 3 rings (SSSR count). The summed E-state index contributed by atoms with van der Waals surface area (Å²) in [7, 11) is -2.82. The van der Waals surface area contributed by atoms with Crippen molar-refractivity contribution in [2.75, 3.05) is 4.72 Å². The SMILES string of the molecule is Cn1c(=O)oc(=O)c2cc(S(=O)(=O)Nc3ccc(F)c(F)c3)ccc21. The number of sulfonamides is 1. The molecular formula is C15H10F2N2O5S. The maximum atomic E-state index is 13.2. The lowest BCUT2D eigenvalue weighted by molar-refractivity contribution is 0.432. The third kappa shape index (κ3) is 3.03. The van der Waals surface area contributed by atoms with Crippen molar-refractivity contribution in [2.45, 2.75) is 4.90 Å². The van der Waals surface area contributed by atoms with E-state index in [9.17, 15) is 26.8 Å². The molecule has 0 radical (unpaired) electrons. The minimum absolute atomic E-state index is 0.115. The Morgan fingerprint density at radius 1 is 1.04 bits per heavy atom. The van der Waals surface area contributed by atoms with Gasteiger partial charge in [-0.25, -0.2) is 26.8 Å². The Bertz CT molecular complexity index is 1210. The van der Waals surface area contributed by atoms with Crippen LogP contribution in [0.15, 0.2) is 55.3 Å². The van der Waals surface area contributed by atoms with Crippen LogP contribution in [0.3, 0.4) is 0 Å². The molecular weight excluding hydrogens is 358 g/mol. The Morgan fingerprint density at radius 2 is 1.76 bits per heavy atom. The third-order valence-corrected chi connectivity index (χ3v) is 4.86. The second-order valence-corrected chi connectivity index (χ2v) is 6.81. The molecule has 0 saturated heterocycles. The van der Waals surface area contributed by atoms with E-state index in [0.29, 0.717) is 6.07 Å². The maximum absolute atomic E-state index is 13.2. The summed E-state index contributed by atoms with van der Waals surface area (Å²) in [6.07, 6.45) is 0. The molecule has 0 aliphatic rings. The number of fused-ring (bicyclic) bond motifs is 1. The van der Waals surface area contributed by atoms with E-state index in [1.54, 1.807) is 0 Å². The van der Waals surface area contributed by atoms with E-state index >= 15 is 0 Å². The van der Waals surface area contributed by atoms with Gasteiger partial charge in [0.25, 0.3) is 10.0 Å². The molecule has 130 valence electrons. The highest BCUT2D eigenvalue weighted by Gasteiger charge is 2.18. The van der Waals surface area contributed by atoms with Gasteiger partial charge in [-0.15, -0.1) is 0 Å². The Morgan fingerprint density at radius 3 is 2.44 bits per heavy atom. The van der Waals surface area contributed by atoms with Crippen LogP contribution in [0, 0.1) is 11.6 Å². The summed E-state index contributed by atoms with van der Waals surface area (Å²) in [6, 6.07) is 5.98. The summed E-state index contributed by atoms with van der Waals surface area (Å²) >= 11 is 0. The van der Waals surface area contributed by atoms with Crippen LogP contribution in [0.4, 0.5) is 14.5 Å². The van der Waals surface area contributed by atoms with E-state index in [1.165, 1.54) is 19.2 Å². The normalized spacial score (nSPS) is 11.6. The van der Waals surface area contributed by atoms with E-state index in [4.69, 9.17) is 0 Å². The molecule has 0 aliphatic heterocycles. The van der Waals surface area contributed by atoms with Gasteiger partial charge in [-0.1, -0.05) is 0 Å². The van der Waals surface area contributed by atoms with Gasteiger partial charge in [0.2, 0.25) is 0 Å². The fraction of sp³-hybridized carbons (Fsp3) is 0.0667. The molecule has 2 aromatic carbocycles. The molecule has 10 heteroatoms. The average Bonchev–Trinajstić information content (AvgIpc) is 2.55. The zero-order chi connectivity index (χ0) is 18.4. The lowest BCUT2D eigenvalue weighted by atomic mass is 10.2. The van der Waals surface area contributed by atoms with Gasteiger partial charge in [-0.3, -0.25) is 9.29 Å². The molecule has 0 fully saturated rings. The predicted octanol–water partition coefficient (Wildman–Crippen LogP) is 1.57.